The molecule has 62 heavy (non-hydrogen) atoms. The second-order valence-electron chi connectivity index (χ2n) is 16.3. The third-order valence-corrected chi connectivity index (χ3v) is 12.3. The van der Waals surface area contributed by atoms with Crippen LogP contribution >= 0.6 is 0 Å². The van der Waals surface area contributed by atoms with Gasteiger partial charge in [0.15, 0.2) is 23.4 Å². The number of carbonyl (C=O) groups excluding carboxylic acids is 3. The van der Waals surface area contributed by atoms with E-state index in [1.54, 1.807) is 19.0 Å². The molecule has 4 atom stereocenters. The number of carbonyl (C=O) groups is 3. The zero-order valence-corrected chi connectivity index (χ0v) is 34.2. The highest BCUT2D eigenvalue weighted by molar-refractivity contribution is 6.26. The van der Waals surface area contributed by atoms with Crippen LogP contribution in [-0.4, -0.2) is 57.8 Å². The van der Waals surface area contributed by atoms with Crippen molar-refractivity contribution in [1.29, 1.82) is 0 Å². The normalized spacial score (nSPS) is 20.2. The molecule has 1 aromatic heterocycles. The quantitative estimate of drug-likeness (QED) is 0.0858. The van der Waals surface area contributed by atoms with Crippen molar-refractivity contribution in [2.24, 2.45) is 11.8 Å². The fourth-order valence-electron chi connectivity index (χ4n) is 9.45. The zero-order chi connectivity index (χ0) is 43.1. The van der Waals surface area contributed by atoms with Crippen LogP contribution in [0.2, 0.25) is 0 Å². The minimum Gasteiger partial charge on any atom is -0.507 e. The summed E-state index contributed by atoms with van der Waals surface area (Å²) in [5.41, 5.74) is -0.0998. The molecule has 0 saturated heterocycles. The Bertz CT molecular complexity index is 2650. The Balaban J connectivity index is 1.21. The topological polar surface area (TPSA) is 143 Å². The lowest BCUT2D eigenvalue weighted by atomic mass is 9.57. The van der Waals surface area contributed by atoms with E-state index >= 15 is 9.18 Å². The summed E-state index contributed by atoms with van der Waals surface area (Å²) in [5, 5.41) is 29.4. The molecule has 0 radical (unpaired) electrons. The predicted octanol–water partition coefficient (Wildman–Crippen LogP) is 8.25. The maximum Gasteiger partial charge on any atom is 0.265 e. The minimum absolute atomic E-state index is 0.0105. The van der Waals surface area contributed by atoms with E-state index in [-0.39, 0.29) is 90.0 Å². The van der Waals surface area contributed by atoms with Crippen LogP contribution in [0.25, 0.3) is 5.76 Å². The molecule has 314 valence electrons. The summed E-state index contributed by atoms with van der Waals surface area (Å²) in [6.45, 7) is 0.431. The van der Waals surface area contributed by atoms with Crippen LogP contribution in [-0.2, 0) is 37.5 Å². The standard InChI is InChI=1S/C50H44FN3O8/c1-53(2)43-37-24-34-23-35-39(44(56)38(34)47(57)50(37,59)48(58)40-46(43)62-52-49(40)61-29-33-21-13-6-14-22-33)45(60-28-32-19-11-5-12-20-32)42(36(27-55)41(35)51)54(25-30-15-7-3-8-16-30)26-31-17-9-4-10-18-31/h3-22,27,34,37,43,56,59H,23-26,28-29H2,1-2H3/t34-,37-,43-,50-/m0/s1. The van der Waals surface area contributed by atoms with Crippen LogP contribution in [0.3, 0.4) is 0 Å². The Kier molecular flexibility index (Phi) is 10.8. The largest absolute Gasteiger partial charge is 0.507 e. The number of fused-ring (bicyclic) bond motifs is 4. The van der Waals surface area contributed by atoms with Crippen molar-refractivity contribution in [3.8, 4) is 11.6 Å². The second kappa shape index (κ2) is 16.5. The Labute approximate surface area is 357 Å². The third kappa shape index (κ3) is 6.94. The van der Waals surface area contributed by atoms with Crippen molar-refractivity contribution in [3.63, 3.8) is 0 Å². The number of aldehydes is 1. The number of hydrogen-bond donors (Lipinski definition) is 2. The van der Waals surface area contributed by atoms with Gasteiger partial charge in [-0.1, -0.05) is 121 Å². The Morgan fingerprint density at radius 2 is 1.32 bits per heavy atom. The lowest BCUT2D eigenvalue weighted by Gasteiger charge is -2.49. The molecule has 1 saturated carbocycles. The first-order valence-electron chi connectivity index (χ1n) is 20.5. The van der Waals surface area contributed by atoms with E-state index in [0.717, 1.165) is 22.3 Å². The number of halogens is 1. The van der Waals surface area contributed by atoms with Gasteiger partial charge in [0.2, 0.25) is 11.6 Å². The minimum atomic E-state index is -2.68. The summed E-state index contributed by atoms with van der Waals surface area (Å²) in [5.74, 6) is -5.46. The number of anilines is 1. The molecule has 1 fully saturated rings. The van der Waals surface area contributed by atoms with Gasteiger partial charge in [0.1, 0.15) is 30.4 Å². The van der Waals surface area contributed by atoms with Crippen LogP contribution in [0.5, 0.6) is 11.6 Å². The molecule has 0 amide bonds. The van der Waals surface area contributed by atoms with Gasteiger partial charge in [-0.05, 0) is 60.3 Å². The van der Waals surface area contributed by atoms with Crippen molar-refractivity contribution in [1.82, 2.24) is 10.1 Å². The number of ether oxygens (including phenoxy) is 2. The van der Waals surface area contributed by atoms with Crippen LogP contribution in [0.4, 0.5) is 10.1 Å². The lowest BCUT2D eigenvalue weighted by molar-refractivity contribution is -0.142. The molecule has 0 bridgehead atoms. The van der Waals surface area contributed by atoms with Crippen molar-refractivity contribution in [2.45, 2.75) is 50.8 Å². The number of hydrogen-bond acceptors (Lipinski definition) is 11. The molecule has 3 aliphatic carbocycles. The van der Waals surface area contributed by atoms with Crippen molar-refractivity contribution < 1.29 is 43.0 Å². The van der Waals surface area contributed by atoms with E-state index in [9.17, 15) is 19.8 Å². The number of aliphatic hydroxyl groups is 2. The van der Waals surface area contributed by atoms with Crippen molar-refractivity contribution >= 4 is 29.3 Å². The van der Waals surface area contributed by atoms with Crippen LogP contribution in [0.15, 0.2) is 131 Å². The lowest BCUT2D eigenvalue weighted by Crippen LogP contribution is -2.63. The van der Waals surface area contributed by atoms with Gasteiger partial charge in [0.05, 0.1) is 22.9 Å². The Hall–Kier alpha value is -6.89. The number of aromatic nitrogens is 1. The number of Topliss-reactive ketones (excluding diaryl/α,β-unsaturated/α-hetero) is 2. The van der Waals surface area contributed by atoms with Crippen LogP contribution in [0, 0.1) is 17.7 Å². The zero-order valence-electron chi connectivity index (χ0n) is 34.2. The van der Waals surface area contributed by atoms with Gasteiger partial charge in [-0.3, -0.25) is 19.3 Å². The summed E-state index contributed by atoms with van der Waals surface area (Å²) >= 11 is 0. The number of aliphatic hydroxyl groups excluding tert-OH is 1. The van der Waals surface area contributed by atoms with E-state index in [1.807, 2.05) is 126 Å². The summed E-state index contributed by atoms with van der Waals surface area (Å²) in [4.78, 5) is 46.7. The molecule has 0 aliphatic heterocycles. The monoisotopic (exact) mass is 833 g/mol. The first kappa shape index (κ1) is 40.5. The number of ketones is 2. The van der Waals surface area contributed by atoms with Gasteiger partial charge in [-0.2, -0.15) is 0 Å². The summed E-state index contributed by atoms with van der Waals surface area (Å²) in [6, 6.07) is 36.6. The van der Waals surface area contributed by atoms with Crippen molar-refractivity contribution in [2.75, 3.05) is 19.0 Å². The third-order valence-electron chi connectivity index (χ3n) is 12.3. The first-order valence-corrected chi connectivity index (χ1v) is 20.5. The maximum absolute atomic E-state index is 17.4. The Morgan fingerprint density at radius 3 is 1.85 bits per heavy atom. The highest BCUT2D eigenvalue weighted by atomic mass is 19.1. The molecule has 12 heteroatoms. The molecule has 9 rings (SSSR count). The van der Waals surface area contributed by atoms with E-state index < -0.39 is 46.6 Å². The molecule has 5 aromatic carbocycles. The SMILES string of the molecule is CN(C)[C@@H]1c2onc(OCc3ccccc3)c2C(=O)[C@@]2(O)C(=O)C3=C(O)c4c(c(F)c(C=O)c(N(Cc5ccccc5)Cc5ccccc5)c4OCc4ccccc4)C[C@H]3C[C@@H]12. The van der Waals surface area contributed by atoms with Gasteiger partial charge in [-0.15, -0.1) is 0 Å². The second-order valence-corrected chi connectivity index (χ2v) is 16.3. The van der Waals surface area contributed by atoms with Gasteiger partial charge < -0.3 is 29.1 Å². The van der Waals surface area contributed by atoms with Gasteiger partial charge in [0.25, 0.3) is 5.88 Å². The van der Waals surface area contributed by atoms with Crippen LogP contribution in [0.1, 0.15) is 72.3 Å². The molecule has 1 heterocycles. The number of nitrogens with zero attached hydrogens (tertiary/aromatic N) is 3. The van der Waals surface area contributed by atoms with E-state index in [0.29, 0.717) is 6.29 Å². The molecule has 6 aromatic rings. The summed E-state index contributed by atoms with van der Waals surface area (Å²) in [7, 11) is 3.46. The fraction of sp³-hybridized carbons (Fsp3) is 0.240. The van der Waals surface area contributed by atoms with Gasteiger partial charge in [-0.25, -0.2) is 4.39 Å². The van der Waals surface area contributed by atoms with E-state index in [4.69, 9.17) is 14.0 Å². The molecule has 0 unspecified atom stereocenters. The highest BCUT2D eigenvalue weighted by Crippen LogP contribution is 2.57. The predicted molar refractivity (Wildman–Crippen MR) is 228 cm³/mol. The molecule has 3 aliphatic rings. The smallest absolute Gasteiger partial charge is 0.265 e. The van der Waals surface area contributed by atoms with Gasteiger partial charge in [0, 0.05) is 30.1 Å². The molecular weight excluding hydrogens is 790 g/mol. The average molecular weight is 834 g/mol. The number of rotatable bonds is 13. The fourth-order valence-corrected chi connectivity index (χ4v) is 9.45. The summed E-state index contributed by atoms with van der Waals surface area (Å²) in [6.07, 6.45) is 0.305. The molecule has 11 nitrogen and oxygen atoms in total. The Morgan fingerprint density at radius 1 is 0.790 bits per heavy atom. The summed E-state index contributed by atoms with van der Waals surface area (Å²) < 4.78 is 35.8. The first-order chi connectivity index (χ1) is 30.1. The van der Waals surface area contributed by atoms with Crippen molar-refractivity contribution in [3.05, 3.63) is 183 Å². The maximum atomic E-state index is 17.4. The average Bonchev–Trinajstić information content (AvgIpc) is 3.71. The molecule has 0 spiro atoms. The molecule has 2 N–H and O–H groups in total. The van der Waals surface area contributed by atoms with Crippen LogP contribution < -0.4 is 14.4 Å². The van der Waals surface area contributed by atoms with E-state index in [1.165, 1.54) is 0 Å². The highest BCUT2D eigenvalue weighted by Gasteiger charge is 2.65. The number of benzene rings is 5. The van der Waals surface area contributed by atoms with Gasteiger partial charge >= 0.3 is 0 Å². The molecular formula is C50H44FN3O8. The van der Waals surface area contributed by atoms with E-state index in [2.05, 4.69) is 5.16 Å².